The number of sulfonamides is 1. The van der Waals surface area contributed by atoms with Gasteiger partial charge < -0.3 is 10.1 Å². The summed E-state index contributed by atoms with van der Waals surface area (Å²) >= 11 is 0. The Morgan fingerprint density at radius 2 is 2.13 bits per heavy atom. The number of hydrogen-bond acceptors (Lipinski definition) is 6. The molecule has 0 aliphatic carbocycles. The van der Waals surface area contributed by atoms with E-state index in [2.05, 4.69) is 10.0 Å². The number of nitro benzene ring substituents is 1. The van der Waals surface area contributed by atoms with Gasteiger partial charge in [0.1, 0.15) is 0 Å². The molecule has 8 nitrogen and oxygen atoms in total. The summed E-state index contributed by atoms with van der Waals surface area (Å²) in [6.07, 6.45) is 0.657. The lowest BCUT2D eigenvalue weighted by Crippen LogP contribution is -2.54. The minimum atomic E-state index is -3.85. The fourth-order valence-corrected chi connectivity index (χ4v) is 4.09. The quantitative estimate of drug-likeness (QED) is 0.615. The van der Waals surface area contributed by atoms with Crippen LogP contribution in [-0.2, 0) is 10.0 Å². The number of nitrogens with zero attached hydrogens (tertiary/aromatic N) is 1. The van der Waals surface area contributed by atoms with Crippen LogP contribution in [0, 0.1) is 15.5 Å². The number of rotatable bonds is 5. The summed E-state index contributed by atoms with van der Waals surface area (Å²) in [7, 11) is -2.55. The molecule has 0 radical (unpaired) electrons. The van der Waals surface area contributed by atoms with E-state index in [1.54, 1.807) is 0 Å². The Hall–Kier alpha value is -1.71. The van der Waals surface area contributed by atoms with E-state index in [4.69, 9.17) is 4.74 Å². The SMILES string of the molecule is COc1ccc(S(=O)(=O)NC2CCNCC2(C)C)cc1[N+](=O)[O-]. The van der Waals surface area contributed by atoms with Gasteiger partial charge in [-0.1, -0.05) is 13.8 Å². The highest BCUT2D eigenvalue weighted by atomic mass is 32.2. The molecule has 1 fully saturated rings. The molecule has 0 bridgehead atoms. The smallest absolute Gasteiger partial charge is 0.312 e. The Balaban J connectivity index is 2.32. The third kappa shape index (κ3) is 3.80. The number of piperidine rings is 1. The number of ether oxygens (including phenoxy) is 1. The summed E-state index contributed by atoms with van der Waals surface area (Å²) < 4.78 is 32.7. The third-order valence-electron chi connectivity index (χ3n) is 4.09. The van der Waals surface area contributed by atoms with Gasteiger partial charge in [0.2, 0.25) is 10.0 Å². The minimum absolute atomic E-state index is 0.0242. The molecule has 2 rings (SSSR count). The minimum Gasteiger partial charge on any atom is -0.490 e. The predicted molar refractivity (Wildman–Crippen MR) is 85.0 cm³/mol. The van der Waals surface area contributed by atoms with Gasteiger partial charge in [-0.05, 0) is 30.5 Å². The summed E-state index contributed by atoms with van der Waals surface area (Å²) in [5.41, 5.74) is -0.621. The lowest BCUT2D eigenvalue weighted by Gasteiger charge is -2.39. The first-order valence-corrected chi connectivity index (χ1v) is 8.71. The predicted octanol–water partition coefficient (Wildman–Crippen LogP) is 1.27. The molecule has 0 amide bonds. The van der Waals surface area contributed by atoms with Gasteiger partial charge in [0.15, 0.2) is 5.75 Å². The Morgan fingerprint density at radius 3 is 2.70 bits per heavy atom. The van der Waals surface area contributed by atoms with Crippen LogP contribution in [0.4, 0.5) is 5.69 Å². The summed E-state index contributed by atoms with van der Waals surface area (Å²) in [6.45, 7) is 5.37. The molecule has 1 unspecified atom stereocenters. The van der Waals surface area contributed by atoms with Gasteiger partial charge in [0, 0.05) is 18.7 Å². The van der Waals surface area contributed by atoms with Crippen molar-refractivity contribution in [3.8, 4) is 5.75 Å². The van der Waals surface area contributed by atoms with Gasteiger partial charge in [0.05, 0.1) is 16.9 Å². The van der Waals surface area contributed by atoms with E-state index in [1.165, 1.54) is 19.2 Å². The van der Waals surface area contributed by atoms with E-state index >= 15 is 0 Å². The summed E-state index contributed by atoms with van der Waals surface area (Å²) in [6, 6.07) is 3.38. The molecule has 9 heteroatoms. The van der Waals surface area contributed by atoms with Crippen molar-refractivity contribution >= 4 is 15.7 Å². The van der Waals surface area contributed by atoms with Crippen LogP contribution in [0.15, 0.2) is 23.1 Å². The van der Waals surface area contributed by atoms with Crippen molar-refractivity contribution in [1.29, 1.82) is 0 Å². The number of nitro groups is 1. The number of nitrogens with one attached hydrogen (secondary N) is 2. The molecule has 1 heterocycles. The lowest BCUT2D eigenvalue weighted by molar-refractivity contribution is -0.386. The molecule has 1 aromatic carbocycles. The zero-order valence-electron chi connectivity index (χ0n) is 13.3. The molecule has 1 atom stereocenters. The van der Waals surface area contributed by atoms with Crippen molar-refractivity contribution < 1.29 is 18.1 Å². The van der Waals surface area contributed by atoms with E-state index in [0.717, 1.165) is 12.6 Å². The van der Waals surface area contributed by atoms with E-state index in [1.807, 2.05) is 13.8 Å². The zero-order chi connectivity index (χ0) is 17.3. The van der Waals surface area contributed by atoms with Crippen LogP contribution in [0.1, 0.15) is 20.3 Å². The molecule has 0 aromatic heterocycles. The Bertz CT molecular complexity index is 702. The second kappa shape index (κ2) is 6.42. The lowest BCUT2D eigenvalue weighted by atomic mass is 9.81. The van der Waals surface area contributed by atoms with E-state index in [0.29, 0.717) is 13.0 Å². The van der Waals surface area contributed by atoms with E-state index in [9.17, 15) is 18.5 Å². The maximum absolute atomic E-state index is 12.6. The molecular formula is C14H21N3O5S. The monoisotopic (exact) mass is 343 g/mol. The van der Waals surface area contributed by atoms with Gasteiger partial charge in [0.25, 0.3) is 0 Å². The summed E-state index contributed by atoms with van der Waals surface area (Å²) in [5.74, 6) is 0.0242. The summed E-state index contributed by atoms with van der Waals surface area (Å²) in [5, 5.41) is 14.3. The van der Waals surface area contributed by atoms with Crippen LogP contribution in [0.3, 0.4) is 0 Å². The number of methoxy groups -OCH3 is 1. The third-order valence-corrected chi connectivity index (χ3v) is 5.56. The fraction of sp³-hybridized carbons (Fsp3) is 0.571. The second-order valence-corrected chi connectivity index (χ2v) is 7.93. The highest BCUT2D eigenvalue weighted by Gasteiger charge is 2.35. The van der Waals surface area contributed by atoms with Gasteiger partial charge in [-0.25, -0.2) is 13.1 Å². The van der Waals surface area contributed by atoms with Crippen LogP contribution < -0.4 is 14.8 Å². The van der Waals surface area contributed by atoms with Crippen LogP contribution in [0.5, 0.6) is 5.75 Å². The molecule has 2 N–H and O–H groups in total. The van der Waals surface area contributed by atoms with Crippen molar-refractivity contribution in [2.45, 2.75) is 31.2 Å². The molecule has 1 aliphatic rings. The Kier molecular flexibility index (Phi) is 4.92. The highest BCUT2D eigenvalue weighted by molar-refractivity contribution is 7.89. The highest BCUT2D eigenvalue weighted by Crippen LogP contribution is 2.31. The molecule has 23 heavy (non-hydrogen) atoms. The molecule has 1 aliphatic heterocycles. The molecule has 1 saturated heterocycles. The average Bonchev–Trinajstić information content (AvgIpc) is 2.48. The Morgan fingerprint density at radius 1 is 1.43 bits per heavy atom. The standard InChI is InChI=1S/C14H21N3O5S/c1-14(2)9-15-7-6-13(14)16-23(20,21)10-4-5-12(22-3)11(8-10)17(18)19/h4-5,8,13,15-16H,6-7,9H2,1-3H3. The zero-order valence-corrected chi connectivity index (χ0v) is 14.1. The van der Waals surface area contributed by atoms with Crippen molar-refractivity contribution in [1.82, 2.24) is 10.0 Å². The first-order valence-electron chi connectivity index (χ1n) is 7.23. The molecule has 1 aromatic rings. The van der Waals surface area contributed by atoms with Crippen LogP contribution >= 0.6 is 0 Å². The first kappa shape index (κ1) is 17.6. The van der Waals surface area contributed by atoms with Crippen LogP contribution in [-0.4, -0.2) is 39.6 Å². The van der Waals surface area contributed by atoms with E-state index < -0.39 is 14.9 Å². The van der Waals surface area contributed by atoms with Crippen molar-refractivity contribution in [2.75, 3.05) is 20.2 Å². The maximum Gasteiger partial charge on any atom is 0.312 e. The molecular weight excluding hydrogens is 322 g/mol. The first-order chi connectivity index (χ1) is 10.7. The molecule has 0 spiro atoms. The van der Waals surface area contributed by atoms with Gasteiger partial charge in [-0.15, -0.1) is 0 Å². The fourth-order valence-electron chi connectivity index (χ4n) is 2.62. The number of benzene rings is 1. The topological polar surface area (TPSA) is 111 Å². The molecule has 128 valence electrons. The van der Waals surface area contributed by atoms with Gasteiger partial charge in [-0.2, -0.15) is 0 Å². The van der Waals surface area contributed by atoms with Gasteiger partial charge >= 0.3 is 5.69 Å². The van der Waals surface area contributed by atoms with Crippen molar-refractivity contribution in [3.63, 3.8) is 0 Å². The Labute approximate surface area is 135 Å². The van der Waals surface area contributed by atoms with E-state index in [-0.39, 0.29) is 27.8 Å². The largest absolute Gasteiger partial charge is 0.490 e. The van der Waals surface area contributed by atoms with Crippen molar-refractivity contribution in [3.05, 3.63) is 28.3 Å². The summed E-state index contributed by atoms with van der Waals surface area (Å²) in [4.78, 5) is 10.3. The van der Waals surface area contributed by atoms with Crippen LogP contribution in [0.2, 0.25) is 0 Å². The average molecular weight is 343 g/mol. The molecule has 0 saturated carbocycles. The second-order valence-electron chi connectivity index (χ2n) is 6.22. The van der Waals surface area contributed by atoms with Gasteiger partial charge in [-0.3, -0.25) is 10.1 Å². The normalized spacial score (nSPS) is 20.9. The maximum atomic E-state index is 12.6. The van der Waals surface area contributed by atoms with Crippen LogP contribution in [0.25, 0.3) is 0 Å². The number of hydrogen-bond donors (Lipinski definition) is 2. The van der Waals surface area contributed by atoms with Crippen molar-refractivity contribution in [2.24, 2.45) is 5.41 Å².